The van der Waals surface area contributed by atoms with Gasteiger partial charge >= 0.3 is 0 Å². The van der Waals surface area contributed by atoms with Gasteiger partial charge in [0.15, 0.2) is 0 Å². The lowest BCUT2D eigenvalue weighted by molar-refractivity contribution is -0.857. The van der Waals surface area contributed by atoms with Crippen molar-refractivity contribution in [1.29, 1.82) is 0 Å². The number of benzene rings is 1. The zero-order valence-corrected chi connectivity index (χ0v) is 20.5. The van der Waals surface area contributed by atoms with Gasteiger partial charge in [0, 0.05) is 43.9 Å². The Kier molecular flexibility index (Phi) is 9.82. The number of hydrogen-bond acceptors (Lipinski definition) is 3. The second-order valence-electron chi connectivity index (χ2n) is 9.44. The van der Waals surface area contributed by atoms with Crippen molar-refractivity contribution in [3.63, 3.8) is 0 Å². The lowest BCUT2D eigenvalue weighted by Crippen LogP contribution is -3.06. The molecule has 0 heterocycles. The van der Waals surface area contributed by atoms with Crippen LogP contribution in [0.15, 0.2) is 18.2 Å². The number of anilines is 2. The summed E-state index contributed by atoms with van der Waals surface area (Å²) in [6.45, 7) is 6.37. The summed E-state index contributed by atoms with van der Waals surface area (Å²) in [6.07, 6.45) is 5.98. The highest BCUT2D eigenvalue weighted by Gasteiger charge is 2.25. The number of hydrogen-bond donors (Lipinski definition) is 2. The van der Waals surface area contributed by atoms with Crippen LogP contribution in [0, 0.1) is 11.8 Å². The Balaban J connectivity index is 2.27. The zero-order chi connectivity index (χ0) is 23.0. The average molecular weight is 432 g/mol. The molecule has 1 aliphatic rings. The van der Waals surface area contributed by atoms with Crippen LogP contribution in [0.3, 0.4) is 0 Å². The van der Waals surface area contributed by atoms with Crippen molar-refractivity contribution < 1.29 is 14.5 Å². The molecule has 0 unspecified atom stereocenters. The smallest absolute Gasteiger partial charge is 0.227 e. The normalized spacial score (nSPS) is 14.3. The predicted octanol–water partition coefficient (Wildman–Crippen LogP) is 2.79. The van der Waals surface area contributed by atoms with E-state index < -0.39 is 0 Å². The largest absolute Gasteiger partial charge is 0.377 e. The maximum absolute atomic E-state index is 13.3. The monoisotopic (exact) mass is 431 g/mol. The van der Waals surface area contributed by atoms with Crippen molar-refractivity contribution in [3.05, 3.63) is 23.8 Å². The van der Waals surface area contributed by atoms with Gasteiger partial charge in [-0.15, -0.1) is 0 Å². The highest BCUT2D eigenvalue weighted by atomic mass is 16.2. The fourth-order valence-corrected chi connectivity index (χ4v) is 4.39. The van der Waals surface area contributed by atoms with E-state index in [4.69, 9.17) is 0 Å². The van der Waals surface area contributed by atoms with Crippen molar-refractivity contribution in [2.24, 2.45) is 11.8 Å². The molecule has 2 rings (SSSR count). The Morgan fingerprint density at radius 2 is 1.77 bits per heavy atom. The molecule has 0 aliphatic heterocycles. The molecule has 1 aromatic rings. The minimum Gasteiger partial charge on any atom is -0.377 e. The van der Waals surface area contributed by atoms with Crippen LogP contribution in [0.1, 0.15) is 57.9 Å². The summed E-state index contributed by atoms with van der Waals surface area (Å²) >= 11 is 0. The first-order valence-corrected chi connectivity index (χ1v) is 12.0. The van der Waals surface area contributed by atoms with Crippen molar-refractivity contribution in [1.82, 2.24) is 4.90 Å². The summed E-state index contributed by atoms with van der Waals surface area (Å²) < 4.78 is 0. The molecule has 0 radical (unpaired) electrons. The Labute approximate surface area is 189 Å². The maximum atomic E-state index is 13.3. The van der Waals surface area contributed by atoms with E-state index in [1.165, 1.54) is 4.90 Å². The number of likely N-dealkylation sites (N-methyl/N-ethyl adjacent to an activating group) is 1. The molecule has 1 aromatic carbocycles. The Hall–Kier alpha value is -2.08. The molecular weight excluding hydrogens is 388 g/mol. The molecule has 6 nitrogen and oxygen atoms in total. The third kappa shape index (κ3) is 7.23. The van der Waals surface area contributed by atoms with Gasteiger partial charge in [0.2, 0.25) is 11.8 Å². The molecule has 2 amide bonds. The van der Waals surface area contributed by atoms with Crippen LogP contribution >= 0.6 is 0 Å². The topological polar surface area (TPSA) is 57.1 Å². The summed E-state index contributed by atoms with van der Waals surface area (Å²) in [7, 11) is 8.27. The Bertz CT molecular complexity index is 722. The van der Waals surface area contributed by atoms with Gasteiger partial charge in [-0.25, -0.2) is 0 Å². The molecule has 1 aliphatic carbocycles. The van der Waals surface area contributed by atoms with Gasteiger partial charge in [-0.2, -0.15) is 0 Å². The fraction of sp³-hybridized carbons (Fsp3) is 0.680. The minimum atomic E-state index is 0.0604. The molecule has 6 heteroatoms. The molecule has 0 bridgehead atoms. The van der Waals surface area contributed by atoms with E-state index in [0.29, 0.717) is 6.54 Å². The van der Waals surface area contributed by atoms with Crippen LogP contribution in [0.4, 0.5) is 11.4 Å². The van der Waals surface area contributed by atoms with Crippen molar-refractivity contribution in [2.45, 2.75) is 58.9 Å². The summed E-state index contributed by atoms with van der Waals surface area (Å²) in [5.41, 5.74) is 2.98. The molecule has 1 fully saturated rings. The lowest BCUT2D eigenvalue weighted by atomic mass is 10.0. The van der Waals surface area contributed by atoms with Crippen LogP contribution in [0.25, 0.3) is 0 Å². The first-order chi connectivity index (χ1) is 14.8. The molecule has 0 atom stereocenters. The lowest BCUT2D eigenvalue weighted by Gasteiger charge is -2.29. The molecule has 174 valence electrons. The van der Waals surface area contributed by atoms with Gasteiger partial charge in [-0.05, 0) is 49.4 Å². The summed E-state index contributed by atoms with van der Waals surface area (Å²) in [4.78, 5) is 31.3. The van der Waals surface area contributed by atoms with Gasteiger partial charge in [0.25, 0.3) is 0 Å². The SMILES string of the molecule is CCC(CC)C(=O)N(CC[NH+](C)C)Cc1cc(NC(=O)C2CCCC2)ccc1N(C)C. The Morgan fingerprint density at radius 1 is 1.13 bits per heavy atom. The van der Waals surface area contributed by atoms with Gasteiger partial charge in [-0.3, -0.25) is 9.59 Å². The number of carbonyl (C=O) groups excluding carboxylic acids is 2. The first kappa shape index (κ1) is 25.2. The highest BCUT2D eigenvalue weighted by molar-refractivity contribution is 5.93. The van der Waals surface area contributed by atoms with Crippen LogP contribution in [0.2, 0.25) is 0 Å². The molecule has 0 aromatic heterocycles. The van der Waals surface area contributed by atoms with Crippen molar-refractivity contribution in [3.8, 4) is 0 Å². The van der Waals surface area contributed by atoms with Crippen LogP contribution in [-0.4, -0.2) is 58.0 Å². The second-order valence-corrected chi connectivity index (χ2v) is 9.44. The molecule has 2 N–H and O–H groups in total. The van der Waals surface area contributed by atoms with E-state index in [-0.39, 0.29) is 23.7 Å². The van der Waals surface area contributed by atoms with E-state index in [9.17, 15) is 9.59 Å². The van der Waals surface area contributed by atoms with Gasteiger partial charge in [0.05, 0.1) is 27.2 Å². The van der Waals surface area contributed by atoms with Gasteiger partial charge in [0.1, 0.15) is 0 Å². The van der Waals surface area contributed by atoms with Gasteiger partial charge < -0.3 is 20.0 Å². The van der Waals surface area contributed by atoms with Crippen LogP contribution < -0.4 is 15.1 Å². The van der Waals surface area contributed by atoms with Crippen LogP contribution in [-0.2, 0) is 16.1 Å². The molecular formula is C25H43N4O2+. The number of amides is 2. The van der Waals surface area contributed by atoms with E-state index in [1.807, 2.05) is 25.1 Å². The number of nitrogens with zero attached hydrogens (tertiary/aromatic N) is 2. The predicted molar refractivity (Wildman–Crippen MR) is 129 cm³/mol. The maximum Gasteiger partial charge on any atom is 0.227 e. The Morgan fingerprint density at radius 3 is 2.32 bits per heavy atom. The number of rotatable bonds is 11. The third-order valence-corrected chi connectivity index (χ3v) is 6.44. The summed E-state index contributed by atoms with van der Waals surface area (Å²) in [5.74, 6) is 0.553. The van der Waals surface area contributed by atoms with E-state index >= 15 is 0 Å². The first-order valence-electron chi connectivity index (χ1n) is 12.0. The van der Waals surface area contributed by atoms with Crippen LogP contribution in [0.5, 0.6) is 0 Å². The number of carbonyl (C=O) groups is 2. The quantitative estimate of drug-likeness (QED) is 0.566. The molecule has 0 saturated heterocycles. The van der Waals surface area contributed by atoms with Crippen molar-refractivity contribution >= 4 is 23.2 Å². The molecule has 31 heavy (non-hydrogen) atoms. The number of nitrogens with one attached hydrogen (secondary N) is 2. The number of quaternary nitrogens is 1. The van der Waals surface area contributed by atoms with E-state index in [2.05, 4.69) is 50.3 Å². The summed E-state index contributed by atoms with van der Waals surface area (Å²) in [6, 6.07) is 6.08. The van der Waals surface area contributed by atoms with E-state index in [1.54, 1.807) is 0 Å². The standard InChI is InChI=1S/C25H42N4O2/c1-7-19(8-2)25(31)29(16-15-27(3)4)18-21-17-22(13-14-23(21)28(5)6)26-24(30)20-11-9-10-12-20/h13-14,17,19-20H,7-12,15-16,18H2,1-6H3,(H,26,30)/p+1. The zero-order valence-electron chi connectivity index (χ0n) is 20.5. The van der Waals surface area contributed by atoms with E-state index in [0.717, 1.165) is 68.6 Å². The second kappa shape index (κ2) is 12.1. The summed E-state index contributed by atoms with van der Waals surface area (Å²) in [5, 5.41) is 3.12. The average Bonchev–Trinajstić information content (AvgIpc) is 3.26. The fourth-order valence-electron chi connectivity index (χ4n) is 4.39. The van der Waals surface area contributed by atoms with Gasteiger partial charge in [-0.1, -0.05) is 26.7 Å². The third-order valence-electron chi connectivity index (χ3n) is 6.44. The highest BCUT2D eigenvalue weighted by Crippen LogP contribution is 2.28. The minimum absolute atomic E-state index is 0.0604. The molecule has 0 spiro atoms. The molecule has 1 saturated carbocycles. The van der Waals surface area contributed by atoms with Crippen molar-refractivity contribution in [2.75, 3.05) is 51.5 Å².